The van der Waals surface area contributed by atoms with Crippen molar-refractivity contribution in [2.24, 2.45) is 0 Å². The molecule has 1 saturated heterocycles. The fraction of sp³-hybridized carbons (Fsp3) is 0.909. The zero-order chi connectivity index (χ0) is 12.9. The lowest BCUT2D eigenvalue weighted by Gasteiger charge is -2.29. The zero-order valence-corrected chi connectivity index (χ0v) is 9.67. The Balaban J connectivity index is 2.52. The molecular weight excluding hydrogens is 235 g/mol. The summed E-state index contributed by atoms with van der Waals surface area (Å²) in [5.41, 5.74) is 0. The molecule has 100 valence electrons. The molecule has 6 heteroatoms. The van der Waals surface area contributed by atoms with Crippen molar-refractivity contribution < 1.29 is 23.1 Å². The molecule has 0 saturated carbocycles. The Morgan fingerprint density at radius 2 is 2.00 bits per heavy atom. The fourth-order valence-corrected chi connectivity index (χ4v) is 2.23. The van der Waals surface area contributed by atoms with Gasteiger partial charge >= 0.3 is 12.1 Å². The number of aliphatic carboxylic acids is 1. The van der Waals surface area contributed by atoms with Gasteiger partial charge < -0.3 is 5.11 Å². The van der Waals surface area contributed by atoms with Crippen LogP contribution in [-0.4, -0.2) is 41.3 Å². The van der Waals surface area contributed by atoms with Gasteiger partial charge in [-0.25, -0.2) is 0 Å². The minimum Gasteiger partial charge on any atom is -0.481 e. The lowest BCUT2D eigenvalue weighted by atomic mass is 10.1. The van der Waals surface area contributed by atoms with Crippen LogP contribution in [0.25, 0.3) is 0 Å². The number of rotatable bonds is 4. The Kier molecular flexibility index (Phi) is 5.24. The quantitative estimate of drug-likeness (QED) is 0.837. The number of halogens is 3. The molecule has 1 fully saturated rings. The van der Waals surface area contributed by atoms with Crippen LogP contribution in [0, 0.1) is 0 Å². The van der Waals surface area contributed by atoms with Gasteiger partial charge in [0, 0.05) is 12.6 Å². The number of nitrogens with zero attached hydrogens (tertiary/aromatic N) is 1. The molecule has 0 aromatic carbocycles. The topological polar surface area (TPSA) is 40.5 Å². The maximum atomic E-state index is 12.2. The van der Waals surface area contributed by atoms with E-state index in [1.165, 1.54) is 0 Å². The molecule has 1 aliphatic rings. The van der Waals surface area contributed by atoms with E-state index in [0.29, 0.717) is 13.0 Å². The molecule has 1 aliphatic heterocycles. The standard InChI is InChI=1S/C11H18F3NO2/c12-11(13,14)5-7-15-6-3-1-2-4-9(15)8-10(16)17/h9H,1-8H2,(H,16,17). The highest BCUT2D eigenvalue weighted by atomic mass is 19.4. The summed E-state index contributed by atoms with van der Waals surface area (Å²) in [5, 5.41) is 8.75. The van der Waals surface area contributed by atoms with Crippen molar-refractivity contribution in [2.75, 3.05) is 13.1 Å². The minimum atomic E-state index is -4.17. The molecule has 1 rings (SSSR count). The van der Waals surface area contributed by atoms with E-state index in [-0.39, 0.29) is 19.0 Å². The first kappa shape index (κ1) is 14.3. The van der Waals surface area contributed by atoms with Gasteiger partial charge in [0.1, 0.15) is 0 Å². The van der Waals surface area contributed by atoms with Gasteiger partial charge in [-0.2, -0.15) is 13.2 Å². The van der Waals surface area contributed by atoms with Crippen molar-refractivity contribution in [1.82, 2.24) is 4.90 Å². The molecule has 0 bridgehead atoms. The molecule has 0 aromatic heterocycles. The summed E-state index contributed by atoms with van der Waals surface area (Å²) in [6, 6.07) is -0.239. The van der Waals surface area contributed by atoms with E-state index < -0.39 is 18.6 Å². The maximum Gasteiger partial charge on any atom is 0.390 e. The molecule has 3 nitrogen and oxygen atoms in total. The van der Waals surface area contributed by atoms with Crippen LogP contribution in [0.15, 0.2) is 0 Å². The smallest absolute Gasteiger partial charge is 0.390 e. The second-order valence-electron chi connectivity index (χ2n) is 4.50. The number of carbonyl (C=O) groups is 1. The van der Waals surface area contributed by atoms with Gasteiger partial charge in [0.2, 0.25) is 0 Å². The highest BCUT2D eigenvalue weighted by Gasteiger charge is 2.30. The van der Waals surface area contributed by atoms with Crippen LogP contribution < -0.4 is 0 Å². The van der Waals surface area contributed by atoms with Crippen molar-refractivity contribution in [3.63, 3.8) is 0 Å². The summed E-state index contributed by atoms with van der Waals surface area (Å²) >= 11 is 0. The summed E-state index contributed by atoms with van der Waals surface area (Å²) in [5.74, 6) is -0.936. The van der Waals surface area contributed by atoms with Crippen molar-refractivity contribution in [2.45, 2.75) is 50.7 Å². The zero-order valence-electron chi connectivity index (χ0n) is 9.67. The molecule has 0 aliphatic carbocycles. The van der Waals surface area contributed by atoms with Gasteiger partial charge in [-0.3, -0.25) is 9.69 Å². The maximum absolute atomic E-state index is 12.2. The van der Waals surface area contributed by atoms with Crippen LogP contribution >= 0.6 is 0 Å². The minimum absolute atomic E-state index is 0.0577. The highest BCUT2D eigenvalue weighted by Crippen LogP contribution is 2.24. The van der Waals surface area contributed by atoms with Gasteiger partial charge in [0.25, 0.3) is 0 Å². The lowest BCUT2D eigenvalue weighted by molar-refractivity contribution is -0.141. The van der Waals surface area contributed by atoms with Crippen LogP contribution in [0.3, 0.4) is 0 Å². The molecule has 0 amide bonds. The average molecular weight is 253 g/mol. The van der Waals surface area contributed by atoms with Crippen molar-refractivity contribution in [1.29, 1.82) is 0 Å². The molecule has 0 spiro atoms. The number of alkyl halides is 3. The lowest BCUT2D eigenvalue weighted by Crippen LogP contribution is -2.38. The first-order chi connectivity index (χ1) is 7.88. The third kappa shape index (κ3) is 5.91. The predicted octanol–water partition coefficient (Wildman–Crippen LogP) is 2.66. The van der Waals surface area contributed by atoms with Gasteiger partial charge in [-0.15, -0.1) is 0 Å². The van der Waals surface area contributed by atoms with Gasteiger partial charge in [-0.1, -0.05) is 12.8 Å². The highest BCUT2D eigenvalue weighted by molar-refractivity contribution is 5.67. The van der Waals surface area contributed by atoms with Crippen molar-refractivity contribution in [3.8, 4) is 0 Å². The Bertz CT molecular complexity index is 256. The van der Waals surface area contributed by atoms with E-state index in [1.54, 1.807) is 4.90 Å². The van der Waals surface area contributed by atoms with E-state index in [4.69, 9.17) is 5.11 Å². The van der Waals surface area contributed by atoms with E-state index in [0.717, 1.165) is 19.3 Å². The van der Waals surface area contributed by atoms with E-state index >= 15 is 0 Å². The van der Waals surface area contributed by atoms with E-state index in [1.807, 2.05) is 0 Å². The number of carboxylic acid groups (broad SMARTS) is 1. The second-order valence-corrected chi connectivity index (χ2v) is 4.50. The Morgan fingerprint density at radius 3 is 2.59 bits per heavy atom. The summed E-state index contributed by atoms with van der Waals surface area (Å²) in [4.78, 5) is 12.4. The third-order valence-corrected chi connectivity index (χ3v) is 3.09. The monoisotopic (exact) mass is 253 g/mol. The van der Waals surface area contributed by atoms with Crippen LogP contribution in [0.4, 0.5) is 13.2 Å². The SMILES string of the molecule is O=C(O)CC1CCCCCN1CCC(F)(F)F. The van der Waals surface area contributed by atoms with Crippen LogP contribution in [0.1, 0.15) is 38.5 Å². The fourth-order valence-electron chi connectivity index (χ4n) is 2.23. The molecule has 0 radical (unpaired) electrons. The molecule has 1 heterocycles. The molecule has 1 atom stereocenters. The Hall–Kier alpha value is -0.780. The molecular formula is C11H18F3NO2. The largest absolute Gasteiger partial charge is 0.481 e. The summed E-state index contributed by atoms with van der Waals surface area (Å²) in [6.07, 6.45) is -1.67. The average Bonchev–Trinajstić information content (AvgIpc) is 2.38. The third-order valence-electron chi connectivity index (χ3n) is 3.09. The van der Waals surface area contributed by atoms with Gasteiger partial charge in [0.05, 0.1) is 12.8 Å². The number of hydrogen-bond acceptors (Lipinski definition) is 2. The normalized spacial score (nSPS) is 23.4. The van der Waals surface area contributed by atoms with E-state index in [9.17, 15) is 18.0 Å². The van der Waals surface area contributed by atoms with E-state index in [2.05, 4.69) is 0 Å². The van der Waals surface area contributed by atoms with Crippen molar-refractivity contribution in [3.05, 3.63) is 0 Å². The molecule has 17 heavy (non-hydrogen) atoms. The van der Waals surface area contributed by atoms with Crippen molar-refractivity contribution >= 4 is 5.97 Å². The second kappa shape index (κ2) is 6.23. The molecule has 0 aromatic rings. The summed E-state index contributed by atoms with van der Waals surface area (Å²) in [6.45, 7) is 0.496. The first-order valence-corrected chi connectivity index (χ1v) is 5.91. The van der Waals surface area contributed by atoms with Crippen LogP contribution in [0.2, 0.25) is 0 Å². The molecule has 1 unspecified atom stereocenters. The summed E-state index contributed by atoms with van der Waals surface area (Å²) in [7, 11) is 0. The first-order valence-electron chi connectivity index (χ1n) is 5.91. The predicted molar refractivity (Wildman–Crippen MR) is 56.8 cm³/mol. The van der Waals surface area contributed by atoms with Crippen LogP contribution in [0.5, 0.6) is 0 Å². The molecule has 1 N–H and O–H groups in total. The Labute approximate surface area is 98.6 Å². The van der Waals surface area contributed by atoms with Crippen LogP contribution in [-0.2, 0) is 4.79 Å². The number of carboxylic acids is 1. The Morgan fingerprint density at radius 1 is 1.29 bits per heavy atom. The van der Waals surface area contributed by atoms with Gasteiger partial charge in [0.15, 0.2) is 0 Å². The number of likely N-dealkylation sites (tertiary alicyclic amines) is 1. The summed E-state index contributed by atoms with van der Waals surface area (Å²) < 4.78 is 36.5. The number of hydrogen-bond donors (Lipinski definition) is 1. The van der Waals surface area contributed by atoms with Gasteiger partial charge in [-0.05, 0) is 19.4 Å².